The monoisotopic (exact) mass is 284 g/mol. The molecule has 0 atom stereocenters. The molecule has 0 saturated carbocycles. The van der Waals surface area contributed by atoms with Gasteiger partial charge in [-0.3, -0.25) is 0 Å². The van der Waals surface area contributed by atoms with Gasteiger partial charge in [0.15, 0.2) is 0 Å². The van der Waals surface area contributed by atoms with Crippen LogP contribution in [0.2, 0.25) is 0 Å². The van der Waals surface area contributed by atoms with Gasteiger partial charge in [-0.15, -0.1) is 0 Å². The van der Waals surface area contributed by atoms with E-state index in [0.29, 0.717) is 0 Å². The molecule has 0 radical (unpaired) electrons. The maximum Gasteiger partial charge on any atom is 0.128 e. The molecule has 0 bridgehead atoms. The number of rotatable bonds is 3. The van der Waals surface area contributed by atoms with Crippen LogP contribution >= 0.6 is 0 Å². The van der Waals surface area contributed by atoms with Crippen LogP contribution in [0.25, 0.3) is 11.3 Å². The molecule has 3 rings (SSSR count). The summed E-state index contributed by atoms with van der Waals surface area (Å²) in [6.07, 6.45) is 2.71. The van der Waals surface area contributed by atoms with E-state index in [0.717, 1.165) is 55.4 Å². The van der Waals surface area contributed by atoms with Crippen molar-refractivity contribution < 1.29 is 5.11 Å². The van der Waals surface area contributed by atoms with Gasteiger partial charge < -0.3 is 15.3 Å². The summed E-state index contributed by atoms with van der Waals surface area (Å²) in [5, 5.41) is 13.1. The number of hydrogen-bond donors (Lipinski definition) is 2. The third-order valence-electron chi connectivity index (χ3n) is 3.71. The lowest BCUT2D eigenvalue weighted by atomic mass is 10.1. The maximum absolute atomic E-state index is 9.74. The van der Waals surface area contributed by atoms with Crippen molar-refractivity contribution in [1.82, 2.24) is 15.3 Å². The highest BCUT2D eigenvalue weighted by molar-refractivity contribution is 5.75. The van der Waals surface area contributed by atoms with E-state index in [2.05, 4.69) is 15.2 Å². The molecule has 2 N–H and O–H groups in total. The summed E-state index contributed by atoms with van der Waals surface area (Å²) in [6.45, 7) is 5.87. The topological polar surface area (TPSA) is 61.3 Å². The van der Waals surface area contributed by atoms with Gasteiger partial charge in [-0.25, -0.2) is 9.97 Å². The molecular weight excluding hydrogens is 264 g/mol. The Labute approximate surface area is 124 Å². The fourth-order valence-electron chi connectivity index (χ4n) is 2.59. The number of aromatic nitrogens is 2. The largest absolute Gasteiger partial charge is 0.508 e. The number of phenolic OH excluding ortho intramolecular Hbond substituents is 1. The molecule has 1 saturated heterocycles. The summed E-state index contributed by atoms with van der Waals surface area (Å²) in [5.74, 6) is 1.09. The van der Waals surface area contributed by atoms with Crippen molar-refractivity contribution in [3.05, 3.63) is 36.3 Å². The van der Waals surface area contributed by atoms with Crippen LogP contribution in [-0.2, 0) is 6.42 Å². The number of nitrogens with zero attached hydrogens (tertiary/aromatic N) is 3. The molecule has 1 fully saturated rings. The lowest BCUT2D eigenvalue weighted by Crippen LogP contribution is -2.43. The molecule has 21 heavy (non-hydrogen) atoms. The summed E-state index contributed by atoms with van der Waals surface area (Å²) in [4.78, 5) is 11.4. The van der Waals surface area contributed by atoms with Crippen LogP contribution in [0.3, 0.4) is 0 Å². The highest BCUT2D eigenvalue weighted by Crippen LogP contribution is 2.30. The standard InChI is InChI=1S/C16H20N4O/c1-2-15-18-11-14(20-8-6-17-7-9-20)16(19-15)12-4-3-5-13(21)10-12/h3-5,10-11,17,21H,2,6-9H2,1H3. The third kappa shape index (κ3) is 2.97. The van der Waals surface area contributed by atoms with E-state index >= 15 is 0 Å². The van der Waals surface area contributed by atoms with Crippen molar-refractivity contribution in [2.24, 2.45) is 0 Å². The van der Waals surface area contributed by atoms with Gasteiger partial charge in [0.25, 0.3) is 0 Å². The van der Waals surface area contributed by atoms with Crippen LogP contribution in [-0.4, -0.2) is 41.3 Å². The predicted octanol–water partition coefficient (Wildman–Crippen LogP) is 1.82. The Morgan fingerprint density at radius 3 is 2.81 bits per heavy atom. The molecule has 2 aromatic rings. The molecule has 2 heterocycles. The number of hydrogen-bond acceptors (Lipinski definition) is 5. The molecule has 110 valence electrons. The van der Waals surface area contributed by atoms with Crippen LogP contribution in [0.5, 0.6) is 5.75 Å². The number of phenols is 1. The van der Waals surface area contributed by atoms with Crippen LogP contribution in [0, 0.1) is 0 Å². The minimum absolute atomic E-state index is 0.260. The number of aromatic hydroxyl groups is 1. The average molecular weight is 284 g/mol. The molecule has 1 aliphatic heterocycles. The van der Waals surface area contributed by atoms with Gasteiger partial charge in [0.05, 0.1) is 17.6 Å². The summed E-state index contributed by atoms with van der Waals surface area (Å²) in [6, 6.07) is 7.26. The fraction of sp³-hybridized carbons (Fsp3) is 0.375. The van der Waals surface area contributed by atoms with Crippen molar-refractivity contribution in [2.75, 3.05) is 31.1 Å². The number of piperazine rings is 1. The average Bonchev–Trinajstić information content (AvgIpc) is 2.55. The van der Waals surface area contributed by atoms with Crippen LogP contribution in [0.4, 0.5) is 5.69 Å². The number of benzene rings is 1. The lowest BCUT2D eigenvalue weighted by molar-refractivity contribution is 0.475. The zero-order chi connectivity index (χ0) is 14.7. The second-order valence-corrected chi connectivity index (χ2v) is 5.16. The first-order valence-corrected chi connectivity index (χ1v) is 7.39. The Balaban J connectivity index is 2.06. The van der Waals surface area contributed by atoms with E-state index in [9.17, 15) is 5.11 Å². The first-order chi connectivity index (χ1) is 10.3. The molecule has 0 spiro atoms. The van der Waals surface area contributed by atoms with Crippen LogP contribution in [0.1, 0.15) is 12.7 Å². The second kappa shape index (κ2) is 6.10. The molecule has 5 heteroatoms. The normalized spacial score (nSPS) is 15.2. The summed E-state index contributed by atoms with van der Waals surface area (Å²) >= 11 is 0. The first kappa shape index (κ1) is 13.8. The van der Waals surface area contributed by atoms with Crippen molar-refractivity contribution in [3.8, 4) is 17.0 Å². The Kier molecular flexibility index (Phi) is 4.01. The van der Waals surface area contributed by atoms with E-state index in [1.165, 1.54) is 0 Å². The number of nitrogens with one attached hydrogen (secondary N) is 1. The van der Waals surface area contributed by atoms with Gasteiger partial charge in [0.2, 0.25) is 0 Å². The van der Waals surface area contributed by atoms with Crippen LogP contribution in [0.15, 0.2) is 30.5 Å². The van der Waals surface area contributed by atoms with E-state index in [-0.39, 0.29) is 5.75 Å². The van der Waals surface area contributed by atoms with E-state index in [1.807, 2.05) is 25.3 Å². The summed E-state index contributed by atoms with van der Waals surface area (Å²) < 4.78 is 0. The van der Waals surface area contributed by atoms with Crippen molar-refractivity contribution in [1.29, 1.82) is 0 Å². The minimum Gasteiger partial charge on any atom is -0.508 e. The highest BCUT2D eigenvalue weighted by Gasteiger charge is 2.17. The Morgan fingerprint density at radius 2 is 2.10 bits per heavy atom. The molecule has 0 aliphatic carbocycles. The maximum atomic E-state index is 9.74. The zero-order valence-electron chi connectivity index (χ0n) is 12.2. The highest BCUT2D eigenvalue weighted by atomic mass is 16.3. The molecule has 1 aromatic heterocycles. The van der Waals surface area contributed by atoms with Gasteiger partial charge in [0.1, 0.15) is 11.6 Å². The summed E-state index contributed by atoms with van der Waals surface area (Å²) in [5.41, 5.74) is 2.87. The first-order valence-electron chi connectivity index (χ1n) is 7.39. The SMILES string of the molecule is CCc1ncc(N2CCNCC2)c(-c2cccc(O)c2)n1. The zero-order valence-corrected chi connectivity index (χ0v) is 12.2. The molecule has 5 nitrogen and oxygen atoms in total. The Hall–Kier alpha value is -2.14. The lowest BCUT2D eigenvalue weighted by Gasteiger charge is -2.30. The molecule has 0 unspecified atom stereocenters. The van der Waals surface area contributed by atoms with E-state index in [4.69, 9.17) is 4.98 Å². The van der Waals surface area contributed by atoms with Gasteiger partial charge in [-0.2, -0.15) is 0 Å². The van der Waals surface area contributed by atoms with Gasteiger partial charge in [-0.05, 0) is 12.1 Å². The fourth-order valence-corrected chi connectivity index (χ4v) is 2.59. The molecular formula is C16H20N4O. The smallest absolute Gasteiger partial charge is 0.128 e. The quantitative estimate of drug-likeness (QED) is 0.900. The number of anilines is 1. The second-order valence-electron chi connectivity index (χ2n) is 5.16. The van der Waals surface area contributed by atoms with Crippen molar-refractivity contribution in [3.63, 3.8) is 0 Å². The minimum atomic E-state index is 0.260. The predicted molar refractivity (Wildman–Crippen MR) is 83.6 cm³/mol. The third-order valence-corrected chi connectivity index (χ3v) is 3.71. The Morgan fingerprint density at radius 1 is 1.29 bits per heavy atom. The molecule has 0 amide bonds. The Bertz CT molecular complexity index is 623. The van der Waals surface area contributed by atoms with Crippen molar-refractivity contribution in [2.45, 2.75) is 13.3 Å². The summed E-state index contributed by atoms with van der Waals surface area (Å²) in [7, 11) is 0. The van der Waals surface area contributed by atoms with Gasteiger partial charge >= 0.3 is 0 Å². The molecule has 1 aliphatic rings. The van der Waals surface area contributed by atoms with E-state index < -0.39 is 0 Å². The van der Waals surface area contributed by atoms with Gasteiger partial charge in [-0.1, -0.05) is 19.1 Å². The van der Waals surface area contributed by atoms with Crippen molar-refractivity contribution >= 4 is 5.69 Å². The number of aryl methyl sites for hydroxylation is 1. The van der Waals surface area contributed by atoms with Gasteiger partial charge in [0, 0.05) is 38.2 Å². The van der Waals surface area contributed by atoms with Crippen LogP contribution < -0.4 is 10.2 Å². The molecule has 1 aromatic carbocycles. The van der Waals surface area contributed by atoms with E-state index in [1.54, 1.807) is 12.1 Å².